The van der Waals surface area contributed by atoms with Gasteiger partial charge in [-0.1, -0.05) is 17.7 Å². The Kier molecular flexibility index (Phi) is 4.25. The average Bonchev–Trinajstić information content (AvgIpc) is 2.42. The molecule has 111 valence electrons. The van der Waals surface area contributed by atoms with Crippen LogP contribution in [0.2, 0.25) is 5.02 Å². The first-order chi connectivity index (χ1) is 9.73. The first-order valence-corrected chi connectivity index (χ1v) is 8.21. The quantitative estimate of drug-likeness (QED) is 0.662. The number of amidine groups is 1. The maximum Gasteiger partial charge on any atom is 0.203 e. The van der Waals surface area contributed by atoms with E-state index in [4.69, 9.17) is 22.7 Å². The molecule has 2 rings (SSSR count). The van der Waals surface area contributed by atoms with Crippen molar-refractivity contribution < 1.29 is 8.42 Å². The van der Waals surface area contributed by atoms with E-state index < -0.39 is 9.84 Å². The van der Waals surface area contributed by atoms with E-state index in [1.165, 1.54) is 6.08 Å². The van der Waals surface area contributed by atoms with E-state index in [1.807, 2.05) is 0 Å². The maximum absolute atomic E-state index is 12.8. The molecule has 0 unspecified atom stereocenters. The van der Waals surface area contributed by atoms with Crippen LogP contribution in [0, 0.1) is 25.7 Å². The predicted octanol–water partition coefficient (Wildman–Crippen LogP) is 3.08. The summed E-state index contributed by atoms with van der Waals surface area (Å²) in [5.41, 5.74) is 7.16. The van der Waals surface area contributed by atoms with E-state index in [9.17, 15) is 8.42 Å². The Balaban J connectivity index is 2.56. The number of aryl methyl sites for hydroxylation is 2. The molecule has 0 atom stereocenters. The fourth-order valence-electron chi connectivity index (χ4n) is 2.12. The standard InChI is InChI=1S/C15H16ClN2O2S/c1-9-7-14(10(2)6-13(9)16)21(19,20)12-5-3-4-11(8-12)15(17)18/h4-8H,3H2,1-2H3,(H3,17,18). The SMILES string of the molecule is Cc1cc(S(=O)(=O)C2=CC(C(=N)N)=CC[CH]2)c(C)cc1Cl. The third-order valence-electron chi connectivity index (χ3n) is 3.32. The highest BCUT2D eigenvalue weighted by molar-refractivity contribution is 7.95. The molecule has 0 aliphatic heterocycles. The second-order valence-corrected chi connectivity index (χ2v) is 7.26. The van der Waals surface area contributed by atoms with E-state index in [1.54, 1.807) is 38.5 Å². The molecule has 0 saturated heterocycles. The molecule has 0 amide bonds. The van der Waals surface area contributed by atoms with Crippen molar-refractivity contribution in [3.63, 3.8) is 0 Å². The monoisotopic (exact) mass is 323 g/mol. The van der Waals surface area contributed by atoms with Gasteiger partial charge < -0.3 is 5.73 Å². The van der Waals surface area contributed by atoms with Gasteiger partial charge in [-0.2, -0.15) is 0 Å². The number of hydrogen-bond acceptors (Lipinski definition) is 3. The molecule has 21 heavy (non-hydrogen) atoms. The fraction of sp³-hybridized carbons (Fsp3) is 0.200. The van der Waals surface area contributed by atoms with Gasteiger partial charge in [0.15, 0.2) is 0 Å². The van der Waals surface area contributed by atoms with Crippen molar-refractivity contribution in [2.75, 3.05) is 0 Å². The van der Waals surface area contributed by atoms with Crippen molar-refractivity contribution in [2.45, 2.75) is 25.2 Å². The molecule has 0 fully saturated rings. The molecule has 0 bridgehead atoms. The van der Waals surface area contributed by atoms with Gasteiger partial charge in [0.2, 0.25) is 9.84 Å². The number of nitrogens with one attached hydrogen (secondary N) is 1. The summed E-state index contributed by atoms with van der Waals surface area (Å²) in [6.45, 7) is 3.48. The molecular formula is C15H16ClN2O2S. The molecule has 1 radical (unpaired) electrons. The summed E-state index contributed by atoms with van der Waals surface area (Å²) in [6.07, 6.45) is 5.21. The smallest absolute Gasteiger partial charge is 0.203 e. The van der Waals surface area contributed by atoms with Gasteiger partial charge in [-0.05, 0) is 49.6 Å². The van der Waals surface area contributed by atoms with Crippen LogP contribution in [-0.4, -0.2) is 14.3 Å². The highest BCUT2D eigenvalue weighted by Gasteiger charge is 2.25. The molecular weight excluding hydrogens is 308 g/mol. The third-order valence-corrected chi connectivity index (χ3v) is 5.65. The van der Waals surface area contributed by atoms with E-state index in [0.29, 0.717) is 28.1 Å². The van der Waals surface area contributed by atoms with Crippen LogP contribution in [-0.2, 0) is 9.84 Å². The van der Waals surface area contributed by atoms with Gasteiger partial charge in [-0.25, -0.2) is 8.42 Å². The molecule has 0 saturated carbocycles. The predicted molar refractivity (Wildman–Crippen MR) is 85.1 cm³/mol. The topological polar surface area (TPSA) is 84.0 Å². The first kappa shape index (κ1) is 15.8. The van der Waals surface area contributed by atoms with Crippen LogP contribution in [0.5, 0.6) is 0 Å². The zero-order valence-corrected chi connectivity index (χ0v) is 13.3. The van der Waals surface area contributed by atoms with Crippen molar-refractivity contribution in [1.82, 2.24) is 0 Å². The van der Waals surface area contributed by atoms with Gasteiger partial charge in [0.1, 0.15) is 5.84 Å². The molecule has 3 N–H and O–H groups in total. The number of sulfone groups is 1. The second-order valence-electron chi connectivity index (χ2n) is 4.93. The number of hydrogen-bond donors (Lipinski definition) is 2. The second kappa shape index (κ2) is 5.66. The highest BCUT2D eigenvalue weighted by atomic mass is 35.5. The number of nitrogens with two attached hydrogens (primary N) is 1. The van der Waals surface area contributed by atoms with Crippen molar-refractivity contribution >= 4 is 27.3 Å². The molecule has 0 heterocycles. The zero-order chi connectivity index (χ0) is 15.8. The normalized spacial score (nSPS) is 15.4. The van der Waals surface area contributed by atoms with Gasteiger partial charge in [-0.15, -0.1) is 0 Å². The Hall–Kier alpha value is -1.59. The van der Waals surface area contributed by atoms with E-state index in [0.717, 1.165) is 0 Å². The first-order valence-electron chi connectivity index (χ1n) is 6.35. The van der Waals surface area contributed by atoms with Crippen molar-refractivity contribution in [3.05, 3.63) is 57.3 Å². The average molecular weight is 324 g/mol. The lowest BCUT2D eigenvalue weighted by atomic mass is 10.1. The van der Waals surface area contributed by atoms with Crippen LogP contribution < -0.4 is 5.73 Å². The molecule has 4 nitrogen and oxygen atoms in total. The maximum atomic E-state index is 12.8. The van der Waals surface area contributed by atoms with E-state index in [2.05, 4.69) is 0 Å². The third kappa shape index (κ3) is 3.04. The van der Waals surface area contributed by atoms with Crippen molar-refractivity contribution in [2.24, 2.45) is 5.73 Å². The summed E-state index contributed by atoms with van der Waals surface area (Å²) in [4.78, 5) is 0.400. The van der Waals surface area contributed by atoms with Gasteiger partial charge in [0.05, 0.1) is 9.80 Å². The number of benzene rings is 1. The van der Waals surface area contributed by atoms with Crippen LogP contribution in [0.15, 0.2) is 39.7 Å². The minimum Gasteiger partial charge on any atom is -0.384 e. The Bertz CT molecular complexity index is 777. The van der Waals surface area contributed by atoms with Crippen molar-refractivity contribution in [1.29, 1.82) is 5.41 Å². The van der Waals surface area contributed by atoms with Crippen LogP contribution in [0.4, 0.5) is 0 Å². The molecule has 1 aliphatic rings. The van der Waals surface area contributed by atoms with Gasteiger partial charge in [-0.3, -0.25) is 5.41 Å². The lowest BCUT2D eigenvalue weighted by Gasteiger charge is -2.16. The van der Waals surface area contributed by atoms with Gasteiger partial charge in [0.25, 0.3) is 0 Å². The van der Waals surface area contributed by atoms with Crippen LogP contribution in [0.3, 0.4) is 0 Å². The lowest BCUT2D eigenvalue weighted by Crippen LogP contribution is -2.16. The summed E-state index contributed by atoms with van der Waals surface area (Å²) in [5, 5.41) is 7.97. The summed E-state index contributed by atoms with van der Waals surface area (Å²) in [7, 11) is -3.64. The number of rotatable bonds is 3. The minimum atomic E-state index is -3.64. The van der Waals surface area contributed by atoms with Gasteiger partial charge >= 0.3 is 0 Å². The zero-order valence-electron chi connectivity index (χ0n) is 11.8. The molecule has 1 aromatic rings. The van der Waals surface area contributed by atoms with E-state index >= 15 is 0 Å². The van der Waals surface area contributed by atoms with Crippen LogP contribution >= 0.6 is 11.6 Å². The van der Waals surface area contributed by atoms with Crippen LogP contribution in [0.1, 0.15) is 17.5 Å². The minimum absolute atomic E-state index is 0.139. The Morgan fingerprint density at radius 2 is 1.95 bits per heavy atom. The summed E-state index contributed by atoms with van der Waals surface area (Å²) >= 11 is 6.02. The summed E-state index contributed by atoms with van der Waals surface area (Å²) < 4.78 is 25.5. The van der Waals surface area contributed by atoms with Crippen LogP contribution in [0.25, 0.3) is 0 Å². The summed E-state index contributed by atoms with van der Waals surface area (Å²) in [6, 6.07) is 3.22. The number of halogens is 1. The Morgan fingerprint density at radius 1 is 1.29 bits per heavy atom. The molecule has 0 aromatic heterocycles. The Morgan fingerprint density at radius 3 is 2.57 bits per heavy atom. The lowest BCUT2D eigenvalue weighted by molar-refractivity contribution is 0.601. The molecule has 1 aromatic carbocycles. The molecule has 1 aliphatic carbocycles. The largest absolute Gasteiger partial charge is 0.384 e. The van der Waals surface area contributed by atoms with E-state index in [-0.39, 0.29) is 15.6 Å². The van der Waals surface area contributed by atoms with Crippen molar-refractivity contribution in [3.8, 4) is 0 Å². The number of allylic oxidation sites excluding steroid dienone is 2. The highest BCUT2D eigenvalue weighted by Crippen LogP contribution is 2.31. The fourth-order valence-corrected chi connectivity index (χ4v) is 4.00. The summed E-state index contributed by atoms with van der Waals surface area (Å²) in [5.74, 6) is -0.139. The Labute approximate surface area is 129 Å². The molecule has 0 spiro atoms. The molecule has 6 heteroatoms. The van der Waals surface area contributed by atoms with Gasteiger partial charge in [0, 0.05) is 17.0 Å².